The van der Waals surface area contributed by atoms with Gasteiger partial charge in [0, 0.05) is 12.7 Å². The SMILES string of the molecule is NC(c1ccc(I)cc1)c1csc2c(Br)cccc12. The van der Waals surface area contributed by atoms with E-state index >= 15 is 0 Å². The van der Waals surface area contributed by atoms with E-state index in [-0.39, 0.29) is 6.04 Å². The first kappa shape index (κ1) is 13.5. The van der Waals surface area contributed by atoms with Crippen molar-refractivity contribution in [2.24, 2.45) is 5.73 Å². The monoisotopic (exact) mass is 443 g/mol. The summed E-state index contributed by atoms with van der Waals surface area (Å²) in [6, 6.07) is 14.6. The van der Waals surface area contributed by atoms with Gasteiger partial charge in [0.25, 0.3) is 0 Å². The Bertz CT molecular complexity index is 721. The zero-order chi connectivity index (χ0) is 13.4. The number of nitrogens with two attached hydrogens (primary N) is 1. The molecule has 0 spiro atoms. The number of benzene rings is 2. The molecule has 1 aromatic heterocycles. The molecular formula is C15H11BrINS. The van der Waals surface area contributed by atoms with Crippen molar-refractivity contribution in [2.75, 3.05) is 0 Å². The summed E-state index contributed by atoms with van der Waals surface area (Å²) in [6.45, 7) is 0. The van der Waals surface area contributed by atoms with E-state index in [0.29, 0.717) is 0 Å². The molecule has 1 nitrogen and oxygen atoms in total. The fourth-order valence-electron chi connectivity index (χ4n) is 2.13. The molecule has 2 N–H and O–H groups in total. The van der Waals surface area contributed by atoms with Gasteiger partial charge in [-0.05, 0) is 78.6 Å². The molecule has 0 aliphatic carbocycles. The third-order valence-corrected chi connectivity index (χ3v) is 5.84. The molecule has 0 saturated carbocycles. The molecule has 1 unspecified atom stereocenters. The second kappa shape index (κ2) is 5.52. The van der Waals surface area contributed by atoms with Crippen LogP contribution < -0.4 is 5.73 Å². The average Bonchev–Trinajstić information content (AvgIpc) is 2.84. The fourth-order valence-corrected chi connectivity index (χ4v) is 4.15. The Morgan fingerprint density at radius 3 is 2.58 bits per heavy atom. The molecular weight excluding hydrogens is 433 g/mol. The van der Waals surface area contributed by atoms with E-state index in [0.717, 1.165) is 10.0 Å². The van der Waals surface area contributed by atoms with Gasteiger partial charge in [0.2, 0.25) is 0 Å². The number of thiophene rings is 1. The number of fused-ring (bicyclic) bond motifs is 1. The van der Waals surface area contributed by atoms with Crippen LogP contribution in [0.1, 0.15) is 17.2 Å². The van der Waals surface area contributed by atoms with Crippen LogP contribution >= 0.6 is 49.9 Å². The first-order valence-corrected chi connectivity index (χ1v) is 8.58. The first-order valence-electron chi connectivity index (χ1n) is 5.83. The summed E-state index contributed by atoms with van der Waals surface area (Å²) < 4.78 is 3.63. The van der Waals surface area contributed by atoms with E-state index in [1.54, 1.807) is 11.3 Å². The molecule has 0 fully saturated rings. The van der Waals surface area contributed by atoms with Crippen LogP contribution in [0.25, 0.3) is 10.1 Å². The second-order valence-corrected chi connectivity index (χ2v) is 7.32. The second-order valence-electron chi connectivity index (χ2n) is 4.34. The predicted octanol–water partition coefficient (Wildman–Crippen LogP) is 5.32. The minimum absolute atomic E-state index is 0.0694. The van der Waals surface area contributed by atoms with Crippen molar-refractivity contribution in [2.45, 2.75) is 6.04 Å². The molecule has 19 heavy (non-hydrogen) atoms. The van der Waals surface area contributed by atoms with Crippen LogP contribution in [0, 0.1) is 3.57 Å². The average molecular weight is 444 g/mol. The predicted molar refractivity (Wildman–Crippen MR) is 94.7 cm³/mol. The minimum Gasteiger partial charge on any atom is -0.320 e. The Balaban J connectivity index is 2.09. The normalized spacial score (nSPS) is 12.8. The maximum atomic E-state index is 6.42. The lowest BCUT2D eigenvalue weighted by Gasteiger charge is -2.11. The largest absolute Gasteiger partial charge is 0.320 e. The van der Waals surface area contributed by atoms with Crippen LogP contribution in [-0.4, -0.2) is 0 Å². The summed E-state index contributed by atoms with van der Waals surface area (Å²) >= 11 is 7.64. The zero-order valence-electron chi connectivity index (χ0n) is 9.94. The van der Waals surface area contributed by atoms with Gasteiger partial charge in [-0.15, -0.1) is 11.3 Å². The molecule has 2 aromatic carbocycles. The highest BCUT2D eigenvalue weighted by atomic mass is 127. The smallest absolute Gasteiger partial charge is 0.0566 e. The Hall–Kier alpha value is -0.430. The molecule has 3 aromatic rings. The molecule has 0 saturated heterocycles. The summed E-state index contributed by atoms with van der Waals surface area (Å²) in [6.07, 6.45) is 0. The lowest BCUT2D eigenvalue weighted by atomic mass is 9.99. The van der Waals surface area contributed by atoms with Crippen LogP contribution in [-0.2, 0) is 0 Å². The Kier molecular flexibility index (Phi) is 3.93. The van der Waals surface area contributed by atoms with Crippen molar-refractivity contribution in [3.63, 3.8) is 0 Å². The Morgan fingerprint density at radius 2 is 1.84 bits per heavy atom. The van der Waals surface area contributed by atoms with E-state index in [1.165, 1.54) is 19.2 Å². The molecule has 0 radical (unpaired) electrons. The molecule has 1 atom stereocenters. The van der Waals surface area contributed by atoms with E-state index in [9.17, 15) is 0 Å². The topological polar surface area (TPSA) is 26.0 Å². The molecule has 4 heteroatoms. The van der Waals surface area contributed by atoms with E-state index in [1.807, 2.05) is 0 Å². The van der Waals surface area contributed by atoms with Gasteiger partial charge in [0.05, 0.1) is 6.04 Å². The number of hydrogen-bond acceptors (Lipinski definition) is 2. The van der Waals surface area contributed by atoms with Gasteiger partial charge in [-0.3, -0.25) is 0 Å². The summed E-state index contributed by atoms with van der Waals surface area (Å²) in [5.41, 5.74) is 8.77. The standard InChI is InChI=1S/C15H11BrINS/c16-13-3-1-2-11-12(8-19-15(11)13)14(18)9-4-6-10(17)7-5-9/h1-8,14H,18H2. The maximum Gasteiger partial charge on any atom is 0.0566 e. The Labute approximate surface area is 138 Å². The van der Waals surface area contributed by atoms with E-state index < -0.39 is 0 Å². The van der Waals surface area contributed by atoms with Crippen LogP contribution in [0.3, 0.4) is 0 Å². The number of rotatable bonds is 2. The first-order chi connectivity index (χ1) is 9.16. The third-order valence-electron chi connectivity index (χ3n) is 3.15. The highest BCUT2D eigenvalue weighted by molar-refractivity contribution is 14.1. The molecule has 0 aliphatic heterocycles. The van der Waals surface area contributed by atoms with Crippen LogP contribution in [0.15, 0.2) is 52.3 Å². The van der Waals surface area contributed by atoms with Crippen molar-refractivity contribution in [3.05, 3.63) is 67.0 Å². The van der Waals surface area contributed by atoms with E-state index in [2.05, 4.69) is 86.4 Å². The number of halogens is 2. The van der Waals surface area contributed by atoms with Gasteiger partial charge in [0.15, 0.2) is 0 Å². The summed E-state index contributed by atoms with van der Waals surface area (Å²) in [4.78, 5) is 0. The molecule has 0 aliphatic rings. The lowest BCUT2D eigenvalue weighted by Crippen LogP contribution is -2.11. The highest BCUT2D eigenvalue weighted by Gasteiger charge is 2.14. The molecule has 3 rings (SSSR count). The number of hydrogen-bond donors (Lipinski definition) is 1. The van der Waals surface area contributed by atoms with Crippen molar-refractivity contribution in [1.29, 1.82) is 0 Å². The summed E-state index contributed by atoms with van der Waals surface area (Å²) in [5.74, 6) is 0. The van der Waals surface area contributed by atoms with Crippen molar-refractivity contribution in [3.8, 4) is 0 Å². The minimum atomic E-state index is -0.0694. The van der Waals surface area contributed by atoms with Crippen LogP contribution in [0.2, 0.25) is 0 Å². The molecule has 0 bridgehead atoms. The van der Waals surface area contributed by atoms with Gasteiger partial charge < -0.3 is 5.73 Å². The van der Waals surface area contributed by atoms with Crippen molar-refractivity contribution < 1.29 is 0 Å². The van der Waals surface area contributed by atoms with Crippen LogP contribution in [0.4, 0.5) is 0 Å². The quantitative estimate of drug-likeness (QED) is 0.533. The summed E-state index contributed by atoms with van der Waals surface area (Å²) in [5, 5.41) is 3.41. The highest BCUT2D eigenvalue weighted by Crippen LogP contribution is 2.36. The third kappa shape index (κ3) is 2.59. The summed E-state index contributed by atoms with van der Waals surface area (Å²) in [7, 11) is 0. The van der Waals surface area contributed by atoms with Gasteiger partial charge in [-0.25, -0.2) is 0 Å². The lowest BCUT2D eigenvalue weighted by molar-refractivity contribution is 0.884. The van der Waals surface area contributed by atoms with Crippen molar-refractivity contribution >= 4 is 59.9 Å². The molecule has 0 amide bonds. The van der Waals surface area contributed by atoms with Gasteiger partial charge in [0.1, 0.15) is 0 Å². The van der Waals surface area contributed by atoms with Gasteiger partial charge in [-0.2, -0.15) is 0 Å². The van der Waals surface area contributed by atoms with E-state index in [4.69, 9.17) is 5.73 Å². The molecule has 1 heterocycles. The maximum absolute atomic E-state index is 6.42. The zero-order valence-corrected chi connectivity index (χ0v) is 14.5. The fraction of sp³-hybridized carbons (Fsp3) is 0.0667. The molecule has 96 valence electrons. The van der Waals surface area contributed by atoms with Crippen LogP contribution in [0.5, 0.6) is 0 Å². The van der Waals surface area contributed by atoms with Gasteiger partial charge in [-0.1, -0.05) is 24.3 Å². The Morgan fingerprint density at radius 1 is 1.11 bits per heavy atom. The van der Waals surface area contributed by atoms with Gasteiger partial charge >= 0.3 is 0 Å². The van der Waals surface area contributed by atoms with Crippen molar-refractivity contribution in [1.82, 2.24) is 0 Å².